The summed E-state index contributed by atoms with van der Waals surface area (Å²) >= 11 is 0. The highest BCUT2D eigenvalue weighted by Crippen LogP contribution is 2.41. The first-order valence-corrected chi connectivity index (χ1v) is 10.3. The van der Waals surface area contributed by atoms with Crippen molar-refractivity contribution in [3.05, 3.63) is 59.4 Å². The summed E-state index contributed by atoms with van der Waals surface area (Å²) in [5.74, 6) is -0.691. The first-order chi connectivity index (χ1) is 13.5. The lowest BCUT2D eigenvalue weighted by Crippen LogP contribution is -2.60. The van der Waals surface area contributed by atoms with E-state index in [9.17, 15) is 9.18 Å². The van der Waals surface area contributed by atoms with Gasteiger partial charge in [0.15, 0.2) is 0 Å². The zero-order valence-electron chi connectivity index (χ0n) is 16.7. The van der Waals surface area contributed by atoms with E-state index in [2.05, 4.69) is 36.6 Å². The molecule has 2 heterocycles. The van der Waals surface area contributed by atoms with Crippen LogP contribution >= 0.6 is 0 Å². The fourth-order valence-electron chi connectivity index (χ4n) is 5.26. The zero-order chi connectivity index (χ0) is 19.7. The molecule has 3 atom stereocenters. The molecule has 4 nitrogen and oxygen atoms in total. The number of amides is 1. The second-order valence-electron chi connectivity index (χ2n) is 8.26. The van der Waals surface area contributed by atoms with Gasteiger partial charge in [0, 0.05) is 55.2 Å². The molecule has 148 valence electrons. The minimum atomic E-state index is -0.404. The lowest BCUT2D eigenvalue weighted by atomic mass is 10.0. The quantitative estimate of drug-likeness (QED) is 0.777. The van der Waals surface area contributed by atoms with Crippen molar-refractivity contribution in [2.75, 3.05) is 25.0 Å². The Balaban J connectivity index is 1.61. The monoisotopic (exact) mass is 382 g/mol. The van der Waals surface area contributed by atoms with Crippen molar-refractivity contribution in [1.29, 1.82) is 0 Å². The van der Waals surface area contributed by atoms with Gasteiger partial charge in [0.2, 0.25) is 0 Å². The molecule has 2 aliphatic rings. The molecule has 3 unspecified atom stereocenters. The molecular formula is C23H29FN3O+. The molecule has 2 aliphatic heterocycles. The number of benzene rings is 2. The standard InChI is InChI=1S/C23H28FN3O/c1-16-13-20(26-23(28)18-6-3-7-19(24)14-18)8-9-22(16)27(12-4-5-17(27)2)21-10-11-25-15-21/h3,6-9,13-14,17,21,25H,4-5,10-12,15H2,1-2H3/p+1. The Bertz CT molecular complexity index is 878. The molecule has 0 spiro atoms. The van der Waals surface area contributed by atoms with Crippen molar-refractivity contribution < 1.29 is 9.18 Å². The van der Waals surface area contributed by atoms with Crippen LogP contribution in [0.5, 0.6) is 0 Å². The van der Waals surface area contributed by atoms with Crippen LogP contribution in [0.25, 0.3) is 0 Å². The summed E-state index contributed by atoms with van der Waals surface area (Å²) < 4.78 is 14.4. The van der Waals surface area contributed by atoms with Gasteiger partial charge in [0.05, 0.1) is 12.6 Å². The molecule has 4 rings (SSSR count). The number of carbonyl (C=O) groups is 1. The number of likely N-dealkylation sites (tertiary alicyclic amines) is 1. The smallest absolute Gasteiger partial charge is 0.255 e. The van der Waals surface area contributed by atoms with Crippen LogP contribution in [0, 0.1) is 12.7 Å². The van der Waals surface area contributed by atoms with Crippen LogP contribution in [0.3, 0.4) is 0 Å². The molecule has 1 amide bonds. The van der Waals surface area contributed by atoms with Crippen molar-refractivity contribution in [2.45, 2.75) is 45.2 Å². The summed E-state index contributed by atoms with van der Waals surface area (Å²) in [6.07, 6.45) is 3.73. The number of nitrogens with zero attached hydrogens (tertiary/aromatic N) is 1. The van der Waals surface area contributed by atoms with Crippen molar-refractivity contribution in [3.8, 4) is 0 Å². The van der Waals surface area contributed by atoms with Crippen LogP contribution in [-0.2, 0) is 0 Å². The molecule has 0 radical (unpaired) electrons. The molecule has 2 N–H and O–H groups in total. The van der Waals surface area contributed by atoms with Crippen LogP contribution < -0.4 is 15.1 Å². The Labute approximate surface area is 166 Å². The Kier molecular flexibility index (Phi) is 5.21. The normalized spacial score (nSPS) is 27.1. The number of rotatable bonds is 4. The Hall–Kier alpha value is -2.24. The van der Waals surface area contributed by atoms with E-state index in [-0.39, 0.29) is 5.91 Å². The van der Waals surface area contributed by atoms with Crippen LogP contribution in [0.1, 0.15) is 42.1 Å². The van der Waals surface area contributed by atoms with E-state index in [4.69, 9.17) is 0 Å². The highest BCUT2D eigenvalue weighted by Gasteiger charge is 2.48. The average molecular weight is 383 g/mol. The summed E-state index contributed by atoms with van der Waals surface area (Å²) in [4.78, 5) is 12.5. The highest BCUT2D eigenvalue weighted by atomic mass is 19.1. The molecular weight excluding hydrogens is 353 g/mol. The Morgan fingerprint density at radius 3 is 2.71 bits per heavy atom. The summed E-state index contributed by atoms with van der Waals surface area (Å²) in [7, 11) is 0. The van der Waals surface area contributed by atoms with Gasteiger partial charge in [-0.25, -0.2) is 4.39 Å². The number of hydrogen-bond donors (Lipinski definition) is 2. The third-order valence-electron chi connectivity index (χ3n) is 6.61. The second kappa shape index (κ2) is 7.64. The number of aryl methyl sites for hydroxylation is 1. The van der Waals surface area contributed by atoms with Crippen LogP contribution in [0.15, 0.2) is 42.5 Å². The molecule has 5 heteroatoms. The maximum absolute atomic E-state index is 13.4. The summed E-state index contributed by atoms with van der Waals surface area (Å²) in [6, 6.07) is 13.2. The van der Waals surface area contributed by atoms with Crippen LogP contribution in [-0.4, -0.2) is 37.6 Å². The number of carbonyl (C=O) groups excluding carboxylic acids is 1. The van der Waals surface area contributed by atoms with E-state index in [1.807, 2.05) is 6.07 Å². The van der Waals surface area contributed by atoms with Crippen LogP contribution in [0.2, 0.25) is 0 Å². The molecule has 0 aromatic heterocycles. The first-order valence-electron chi connectivity index (χ1n) is 10.3. The molecule has 2 fully saturated rings. The first kappa shape index (κ1) is 19.1. The molecule has 28 heavy (non-hydrogen) atoms. The Morgan fingerprint density at radius 2 is 2.07 bits per heavy atom. The van der Waals surface area contributed by atoms with Gasteiger partial charge in [0.25, 0.3) is 5.91 Å². The molecule has 0 saturated carbocycles. The number of halogens is 1. The van der Waals surface area contributed by atoms with Crippen molar-refractivity contribution in [1.82, 2.24) is 9.80 Å². The largest absolute Gasteiger partial charge is 0.322 e. The topological polar surface area (TPSA) is 41.1 Å². The van der Waals surface area contributed by atoms with E-state index in [1.54, 1.807) is 12.1 Å². The molecule has 2 saturated heterocycles. The molecule has 0 bridgehead atoms. The maximum atomic E-state index is 13.4. The number of nitrogens with one attached hydrogen (secondary N) is 2. The summed E-state index contributed by atoms with van der Waals surface area (Å²) in [5.41, 5.74) is 3.67. The number of quaternary nitrogens is 1. The van der Waals surface area contributed by atoms with E-state index in [0.29, 0.717) is 17.6 Å². The average Bonchev–Trinajstić information content (AvgIpc) is 3.32. The third-order valence-corrected chi connectivity index (χ3v) is 6.61. The van der Waals surface area contributed by atoms with Crippen LogP contribution in [0.4, 0.5) is 15.8 Å². The Morgan fingerprint density at radius 1 is 1.21 bits per heavy atom. The van der Waals surface area contributed by atoms with Gasteiger partial charge in [0.1, 0.15) is 17.5 Å². The van der Waals surface area contributed by atoms with Gasteiger partial charge < -0.3 is 10.6 Å². The van der Waals surface area contributed by atoms with Gasteiger partial charge >= 0.3 is 0 Å². The van der Waals surface area contributed by atoms with Gasteiger partial charge in [-0.3, -0.25) is 9.28 Å². The fraction of sp³-hybridized carbons (Fsp3) is 0.435. The lowest BCUT2D eigenvalue weighted by Gasteiger charge is -2.44. The van der Waals surface area contributed by atoms with Gasteiger partial charge in [-0.15, -0.1) is 0 Å². The van der Waals surface area contributed by atoms with Crippen molar-refractivity contribution in [2.24, 2.45) is 0 Å². The van der Waals surface area contributed by atoms with Crippen molar-refractivity contribution >= 4 is 17.3 Å². The third kappa shape index (κ3) is 3.33. The maximum Gasteiger partial charge on any atom is 0.255 e. The predicted molar refractivity (Wildman–Crippen MR) is 112 cm³/mol. The minimum absolute atomic E-state index is 0.287. The summed E-state index contributed by atoms with van der Waals surface area (Å²) in [5, 5.41) is 6.45. The van der Waals surface area contributed by atoms with Gasteiger partial charge in [-0.1, -0.05) is 6.07 Å². The highest BCUT2D eigenvalue weighted by molar-refractivity contribution is 6.04. The van der Waals surface area contributed by atoms with E-state index in [1.165, 1.54) is 49.2 Å². The van der Waals surface area contributed by atoms with Gasteiger partial charge in [-0.05, 0) is 44.2 Å². The van der Waals surface area contributed by atoms with Crippen molar-refractivity contribution in [3.63, 3.8) is 0 Å². The van der Waals surface area contributed by atoms with E-state index in [0.717, 1.165) is 23.3 Å². The van der Waals surface area contributed by atoms with E-state index < -0.39 is 5.82 Å². The minimum Gasteiger partial charge on any atom is -0.322 e. The summed E-state index contributed by atoms with van der Waals surface area (Å²) in [6.45, 7) is 7.87. The number of anilines is 1. The predicted octanol–water partition coefficient (Wildman–Crippen LogP) is 4.24. The second-order valence-corrected chi connectivity index (χ2v) is 8.26. The van der Waals surface area contributed by atoms with E-state index >= 15 is 0 Å². The fourth-order valence-corrected chi connectivity index (χ4v) is 5.26. The number of hydrogen-bond acceptors (Lipinski definition) is 2. The lowest BCUT2D eigenvalue weighted by molar-refractivity contribution is 0.102. The molecule has 2 aromatic rings. The van der Waals surface area contributed by atoms with Gasteiger partial charge in [-0.2, -0.15) is 0 Å². The molecule has 0 aliphatic carbocycles. The molecule has 2 aromatic carbocycles. The zero-order valence-corrected chi connectivity index (χ0v) is 16.7. The SMILES string of the molecule is Cc1cc(NC(=O)c2cccc(F)c2)ccc1[N+]1(C2CCNC2)CCCC1C.